The number of nitrogens with one attached hydrogen (secondary N) is 3. The van der Waals surface area contributed by atoms with Gasteiger partial charge in [-0.1, -0.05) is 35.3 Å². The van der Waals surface area contributed by atoms with Crippen LogP contribution < -0.4 is 20.3 Å². The predicted octanol–water partition coefficient (Wildman–Crippen LogP) is 4.20. The number of morpholine rings is 1. The summed E-state index contributed by atoms with van der Waals surface area (Å²) in [5.41, 5.74) is 13.7. The number of fused-ring (bicyclic) bond motifs is 3. The van der Waals surface area contributed by atoms with Gasteiger partial charge >= 0.3 is 11.9 Å². The van der Waals surface area contributed by atoms with Gasteiger partial charge in [0.1, 0.15) is 24.4 Å². The molecule has 27 heteroatoms. The molecule has 1 aromatic heterocycles. The second kappa shape index (κ2) is 34.5. The molecule has 4 aromatic rings. The van der Waals surface area contributed by atoms with E-state index in [1.807, 2.05) is 47.9 Å². The van der Waals surface area contributed by atoms with Crippen LogP contribution in [0.3, 0.4) is 0 Å². The molecule has 1 radical (unpaired) electrons. The van der Waals surface area contributed by atoms with E-state index in [1.165, 1.54) is 0 Å². The number of anilines is 1. The molecule has 7 rings (SSSR count). The van der Waals surface area contributed by atoms with Gasteiger partial charge in [-0.15, -0.1) is 6.54 Å². The molecule has 0 aliphatic carbocycles. The molecule has 24 nitrogen and oxygen atoms in total. The zero-order chi connectivity index (χ0) is 57.5. The zero-order valence-corrected chi connectivity index (χ0v) is 50.0. The summed E-state index contributed by atoms with van der Waals surface area (Å²) >= 11 is 12.8. The minimum Gasteiger partial charge on any atom is -0.676 e. The Bertz CT molecular complexity index is 2630. The molecular weight excluding hydrogens is 1160 g/mol. The van der Waals surface area contributed by atoms with Crippen LogP contribution in [0.4, 0.5) is 5.69 Å². The Morgan fingerprint density at radius 3 is 2.04 bits per heavy atom. The van der Waals surface area contributed by atoms with Crippen molar-refractivity contribution < 1.29 is 101 Å². The molecule has 0 bridgehead atoms. The maximum Gasteiger partial charge on any atom is 0.317 e. The van der Waals surface area contributed by atoms with Crippen molar-refractivity contribution in [1.82, 2.24) is 39.6 Å². The second-order valence-electron chi connectivity index (χ2n) is 19.0. The third kappa shape index (κ3) is 20.2. The summed E-state index contributed by atoms with van der Waals surface area (Å²) in [7, 11) is 2.59. The smallest absolute Gasteiger partial charge is 0.317 e. The van der Waals surface area contributed by atoms with Gasteiger partial charge in [-0.3, -0.25) is 49.5 Å². The average molecular weight is 1230 g/mol. The Morgan fingerprint density at radius 2 is 1.45 bits per heavy atom. The Kier molecular flexibility index (Phi) is 29.2. The topological polar surface area (TPSA) is 294 Å². The summed E-state index contributed by atoms with van der Waals surface area (Å²) in [6, 6.07) is 16.2. The molecule has 0 atom stereocenters. The van der Waals surface area contributed by atoms with Crippen LogP contribution in [0.5, 0.6) is 11.5 Å². The summed E-state index contributed by atoms with van der Waals surface area (Å²) in [5, 5.41) is 43.3. The largest absolute Gasteiger partial charge is 0.676 e. The van der Waals surface area contributed by atoms with Gasteiger partial charge in [0.2, 0.25) is 5.91 Å². The van der Waals surface area contributed by atoms with E-state index in [1.54, 1.807) is 56.8 Å². The van der Waals surface area contributed by atoms with Crippen molar-refractivity contribution in [3.63, 3.8) is 0 Å². The van der Waals surface area contributed by atoms with Crippen LogP contribution in [0, 0.1) is 0 Å². The van der Waals surface area contributed by atoms with Crippen LogP contribution in [-0.2, 0) is 72.7 Å². The number of aromatic nitrogens is 2. The third-order valence-electron chi connectivity index (χ3n) is 12.9. The van der Waals surface area contributed by atoms with Crippen LogP contribution in [0.2, 0.25) is 10.0 Å². The number of carboxylic acids is 2. The molecule has 4 heterocycles. The maximum absolute atomic E-state index is 14.1. The van der Waals surface area contributed by atoms with Gasteiger partial charge in [-0.2, -0.15) is 5.10 Å². The van der Waals surface area contributed by atoms with Crippen molar-refractivity contribution in [1.29, 1.82) is 0 Å². The van der Waals surface area contributed by atoms with Gasteiger partial charge in [-0.05, 0) is 62.4 Å². The Morgan fingerprint density at radius 1 is 0.825 bits per heavy atom. The molecule has 7 N–H and O–H groups in total. The van der Waals surface area contributed by atoms with E-state index in [2.05, 4.69) is 10.8 Å². The number of methoxy groups -OCH3 is 1. The average Bonchev–Trinajstić information content (AvgIpc) is 4.01. The number of ether oxygens (including phenoxy) is 5. The van der Waals surface area contributed by atoms with E-state index in [0.717, 1.165) is 24.5 Å². The fraction of sp³-hybridized carbons (Fsp3) is 0.509. The Balaban J connectivity index is 0.000000334. The molecule has 0 saturated carbocycles. The molecule has 3 aromatic carbocycles. The second-order valence-corrected chi connectivity index (χ2v) is 19.9. The first-order valence-corrected chi connectivity index (χ1v) is 26.4. The molecule has 0 unspecified atom stereocenters. The van der Waals surface area contributed by atoms with Crippen molar-refractivity contribution in [2.45, 2.75) is 32.4 Å². The minimum atomic E-state index is -0.950. The maximum atomic E-state index is 14.1. The van der Waals surface area contributed by atoms with Gasteiger partial charge in [0.25, 0.3) is 5.91 Å². The molecule has 437 valence electrons. The van der Waals surface area contributed by atoms with E-state index in [-0.39, 0.29) is 90.3 Å². The van der Waals surface area contributed by atoms with E-state index in [9.17, 15) is 39.4 Å². The number of halogens is 2. The van der Waals surface area contributed by atoms with Crippen LogP contribution in [-0.4, -0.2) is 236 Å². The Labute approximate surface area is 501 Å². The SMILES string of the molecule is CO.COc1cc2c(cc1-c1cccc(NO)c1)-c1c(c(C(=O)N3CCOCC3(C)C)nn1-c1cc(Cl)cc(Cl)c1)CO2.[NH-]CCNC(=O)CCOCCOCN1CCN(CC=O)CCN(CC(=O)O)CCN(CC(=O)O)CC1.[Y]. The number of aliphatic hydroxyl groups excluding tert-OH is 1. The zero-order valence-electron chi connectivity index (χ0n) is 45.7. The number of benzene rings is 3. The monoisotopic (exact) mass is 1230 g/mol. The number of rotatable bonds is 21. The standard InChI is InChI=1S/C30H28Cl2N4O5.C22H41N6O8.CH4O.Y/c1-30(2)16-40-8-7-35(30)29(37)27-24-15-41-26-14-25(39-3)22(17-5-4-6-20(9-17)34-38)13-23(26)28(24)36(33-27)21-11-18(31)10-19(32)12-21;23-2-3-24-20(30)1-14-35-15-16-36-19-28-10-5-25(12-13-29)4-6-26(17-21(31)32)7-8-27(9-11-28)18-22(33)34;1-2;/h4-6,9-14,34,38H,7-8,15-16H2,1-3H3;13,23H,1-12,14-19H2,(H,24,30)(H,31,32)(H,33,34);2H,1H3;/q;-1;;. The van der Waals surface area contributed by atoms with Gasteiger partial charge in [0.15, 0.2) is 5.69 Å². The normalized spacial score (nSPS) is 16.0. The van der Waals surface area contributed by atoms with Crippen molar-refractivity contribution in [3.05, 3.63) is 81.6 Å². The molecule has 3 aliphatic rings. The number of hydrogen-bond donors (Lipinski definition) is 6. The van der Waals surface area contributed by atoms with Crippen molar-refractivity contribution in [3.8, 4) is 39.6 Å². The number of hydrogen-bond acceptors (Lipinski definition) is 18. The minimum absolute atomic E-state index is 0. The van der Waals surface area contributed by atoms with Crippen molar-refractivity contribution >= 4 is 58.9 Å². The molecule has 2 amide bonds. The number of aldehydes is 1. The van der Waals surface area contributed by atoms with Gasteiger partial charge in [-0.25, -0.2) is 4.68 Å². The number of carbonyl (C=O) groups is 5. The first-order valence-electron chi connectivity index (χ1n) is 25.7. The number of carbonyl (C=O) groups excluding carboxylic acids is 3. The molecule has 2 saturated heterocycles. The van der Waals surface area contributed by atoms with Gasteiger partial charge in [0.05, 0.1) is 89.1 Å². The quantitative estimate of drug-likeness (QED) is 0.0387. The van der Waals surface area contributed by atoms with Crippen LogP contribution in [0.25, 0.3) is 33.8 Å². The van der Waals surface area contributed by atoms with Crippen molar-refractivity contribution in [2.24, 2.45) is 0 Å². The number of nitrogens with zero attached hydrogens (tertiary/aromatic N) is 7. The van der Waals surface area contributed by atoms with E-state index >= 15 is 0 Å². The summed E-state index contributed by atoms with van der Waals surface area (Å²) in [5.74, 6) is -1.09. The van der Waals surface area contributed by atoms with Crippen LogP contribution >= 0.6 is 23.2 Å². The van der Waals surface area contributed by atoms with E-state index in [0.29, 0.717) is 154 Å². The van der Waals surface area contributed by atoms with Crippen LogP contribution in [0.1, 0.15) is 36.3 Å². The number of aliphatic hydroxyl groups is 1. The fourth-order valence-corrected chi connectivity index (χ4v) is 9.49. The van der Waals surface area contributed by atoms with E-state index in [4.69, 9.17) is 62.8 Å². The summed E-state index contributed by atoms with van der Waals surface area (Å²) in [6.45, 7) is 11.0. The third-order valence-corrected chi connectivity index (χ3v) is 13.4. The summed E-state index contributed by atoms with van der Waals surface area (Å²) in [4.78, 5) is 68.6. The van der Waals surface area contributed by atoms with Crippen molar-refractivity contribution in [2.75, 3.05) is 151 Å². The molecule has 2 fully saturated rings. The molecule has 0 spiro atoms. The fourth-order valence-electron chi connectivity index (χ4n) is 8.98. The number of aliphatic carboxylic acids is 2. The van der Waals surface area contributed by atoms with Crippen LogP contribution in [0.15, 0.2) is 54.6 Å². The molecule has 80 heavy (non-hydrogen) atoms. The summed E-state index contributed by atoms with van der Waals surface area (Å²) in [6.07, 6.45) is 1.05. The summed E-state index contributed by atoms with van der Waals surface area (Å²) < 4.78 is 30.4. The molecular formula is C53H73Cl2N10O14Y-. The van der Waals surface area contributed by atoms with E-state index < -0.39 is 17.5 Å². The first-order chi connectivity index (χ1) is 38.0. The number of carboxylic acid groups (broad SMARTS) is 2. The Hall–Kier alpha value is -4.90. The predicted molar refractivity (Wildman–Crippen MR) is 296 cm³/mol. The molecule has 3 aliphatic heterocycles. The first kappa shape index (κ1) is 67.6. The number of amides is 2. The van der Waals surface area contributed by atoms with Gasteiger partial charge in [0, 0.05) is 138 Å². The van der Waals surface area contributed by atoms with Gasteiger partial charge < -0.3 is 59.7 Å².